The number of benzene rings is 3. The highest BCUT2D eigenvalue weighted by molar-refractivity contribution is 5.98. The maximum Gasteiger partial charge on any atom is 0.260 e. The molecule has 1 amide bonds. The summed E-state index contributed by atoms with van der Waals surface area (Å²) in [6.07, 6.45) is 0.458. The predicted molar refractivity (Wildman–Crippen MR) is 98.5 cm³/mol. The van der Waals surface area contributed by atoms with Crippen LogP contribution in [0.3, 0.4) is 0 Å². The van der Waals surface area contributed by atoms with E-state index in [-0.39, 0.29) is 18.5 Å². The molecule has 4 rings (SSSR count). The van der Waals surface area contributed by atoms with Crippen molar-refractivity contribution in [2.24, 2.45) is 0 Å². The third kappa shape index (κ3) is 3.18. The summed E-state index contributed by atoms with van der Waals surface area (Å²) < 4.78 is 19.5. The molecule has 0 unspecified atom stereocenters. The number of hydrogen-bond donors (Lipinski definition) is 0. The average Bonchev–Trinajstić information content (AvgIpc) is 2.69. The number of rotatable bonds is 4. The first-order valence-corrected chi connectivity index (χ1v) is 8.57. The molecule has 0 saturated heterocycles. The van der Waals surface area contributed by atoms with Gasteiger partial charge in [0.2, 0.25) is 0 Å². The Morgan fingerprint density at radius 3 is 2.50 bits per heavy atom. The smallest absolute Gasteiger partial charge is 0.260 e. The second-order valence-corrected chi connectivity index (χ2v) is 6.26. The molecule has 4 heteroatoms. The molecule has 26 heavy (non-hydrogen) atoms. The van der Waals surface area contributed by atoms with E-state index in [1.165, 1.54) is 6.07 Å². The van der Waals surface area contributed by atoms with E-state index in [4.69, 9.17) is 4.74 Å². The Balaban J connectivity index is 1.51. The van der Waals surface area contributed by atoms with E-state index in [1.807, 2.05) is 42.5 Å². The highest BCUT2D eigenvalue weighted by atomic mass is 19.1. The Bertz CT molecular complexity index is 940. The summed E-state index contributed by atoms with van der Waals surface area (Å²) in [5.41, 5.74) is 3.24. The van der Waals surface area contributed by atoms with E-state index < -0.39 is 0 Å². The van der Waals surface area contributed by atoms with Gasteiger partial charge in [-0.15, -0.1) is 0 Å². The van der Waals surface area contributed by atoms with Crippen LogP contribution in [0.4, 0.5) is 4.39 Å². The second kappa shape index (κ2) is 7.00. The molecular formula is C22H18FNO2. The predicted octanol–water partition coefficient (Wildman–Crippen LogP) is 4.53. The fourth-order valence-corrected chi connectivity index (χ4v) is 3.13. The van der Waals surface area contributed by atoms with E-state index in [2.05, 4.69) is 0 Å². The Kier molecular flexibility index (Phi) is 4.40. The number of hydrogen-bond acceptors (Lipinski definition) is 2. The molecule has 3 aromatic rings. The van der Waals surface area contributed by atoms with Crippen LogP contribution in [0, 0.1) is 5.82 Å². The van der Waals surface area contributed by atoms with Crippen LogP contribution < -0.4 is 4.74 Å². The van der Waals surface area contributed by atoms with Crippen molar-refractivity contribution in [1.82, 2.24) is 4.90 Å². The van der Waals surface area contributed by atoms with Gasteiger partial charge in [-0.1, -0.05) is 54.6 Å². The summed E-state index contributed by atoms with van der Waals surface area (Å²) in [5, 5.41) is 0. The van der Waals surface area contributed by atoms with Gasteiger partial charge in [0.15, 0.2) is 6.73 Å². The van der Waals surface area contributed by atoms with Crippen LogP contribution in [0.5, 0.6) is 5.75 Å². The van der Waals surface area contributed by atoms with Gasteiger partial charge in [0.25, 0.3) is 5.91 Å². The monoisotopic (exact) mass is 347 g/mol. The van der Waals surface area contributed by atoms with Crippen molar-refractivity contribution >= 4 is 5.91 Å². The summed E-state index contributed by atoms with van der Waals surface area (Å²) >= 11 is 0. The number of nitrogens with zero attached hydrogens (tertiary/aromatic N) is 1. The number of ether oxygens (including phenoxy) is 1. The Morgan fingerprint density at radius 1 is 0.923 bits per heavy atom. The fraction of sp³-hybridized carbons (Fsp3) is 0.136. The fourth-order valence-electron chi connectivity index (χ4n) is 3.13. The quantitative estimate of drug-likeness (QED) is 0.694. The number of carbonyl (C=O) groups excluding carboxylic acids is 1. The van der Waals surface area contributed by atoms with Crippen LogP contribution in [0.25, 0.3) is 11.1 Å². The normalized spacial score (nSPS) is 13.3. The minimum absolute atomic E-state index is 0.0813. The first-order valence-electron chi connectivity index (χ1n) is 8.57. The topological polar surface area (TPSA) is 29.5 Å². The number of fused-ring (bicyclic) bond motifs is 1. The number of halogens is 1. The summed E-state index contributed by atoms with van der Waals surface area (Å²) in [6, 6.07) is 22.2. The largest absolute Gasteiger partial charge is 0.472 e. The molecule has 0 spiro atoms. The van der Waals surface area contributed by atoms with Crippen LogP contribution in [-0.4, -0.2) is 24.1 Å². The van der Waals surface area contributed by atoms with E-state index in [0.717, 1.165) is 11.1 Å². The molecule has 1 aliphatic heterocycles. The van der Waals surface area contributed by atoms with Gasteiger partial charge in [-0.2, -0.15) is 0 Å². The molecule has 1 aliphatic rings. The number of amides is 1. The van der Waals surface area contributed by atoms with Gasteiger partial charge in [0.1, 0.15) is 11.6 Å². The highest BCUT2D eigenvalue weighted by Gasteiger charge is 2.25. The molecule has 0 bridgehead atoms. The van der Waals surface area contributed by atoms with Crippen molar-refractivity contribution in [3.63, 3.8) is 0 Å². The molecule has 3 aromatic carbocycles. The van der Waals surface area contributed by atoms with Gasteiger partial charge < -0.3 is 9.64 Å². The summed E-state index contributed by atoms with van der Waals surface area (Å²) in [4.78, 5) is 14.3. The second-order valence-electron chi connectivity index (χ2n) is 6.26. The molecular weight excluding hydrogens is 329 g/mol. The molecule has 0 N–H and O–H groups in total. The minimum Gasteiger partial charge on any atom is -0.472 e. The van der Waals surface area contributed by atoms with Gasteiger partial charge in [0.05, 0.1) is 5.56 Å². The van der Waals surface area contributed by atoms with Crippen molar-refractivity contribution in [2.45, 2.75) is 6.42 Å². The summed E-state index contributed by atoms with van der Waals surface area (Å²) in [7, 11) is 0. The Hall–Kier alpha value is -3.14. The van der Waals surface area contributed by atoms with Gasteiger partial charge in [-0.25, -0.2) is 4.39 Å². The van der Waals surface area contributed by atoms with Crippen molar-refractivity contribution in [3.05, 3.63) is 89.7 Å². The zero-order chi connectivity index (χ0) is 17.9. The molecule has 0 aliphatic carbocycles. The SMILES string of the molecule is O=C1c2ccc(-c3ccccc3)cc2OCN1CCc1ccccc1F. The molecule has 0 fully saturated rings. The van der Waals surface area contributed by atoms with E-state index in [1.54, 1.807) is 29.2 Å². The number of carbonyl (C=O) groups is 1. The Morgan fingerprint density at radius 2 is 1.69 bits per heavy atom. The van der Waals surface area contributed by atoms with Crippen molar-refractivity contribution in [1.29, 1.82) is 0 Å². The zero-order valence-corrected chi connectivity index (χ0v) is 14.2. The van der Waals surface area contributed by atoms with Gasteiger partial charge >= 0.3 is 0 Å². The highest BCUT2D eigenvalue weighted by Crippen LogP contribution is 2.30. The van der Waals surface area contributed by atoms with Gasteiger partial charge in [0, 0.05) is 6.54 Å². The van der Waals surface area contributed by atoms with Crippen molar-refractivity contribution in [2.75, 3.05) is 13.3 Å². The standard InChI is InChI=1S/C22H18FNO2/c23-20-9-5-4-8-17(20)12-13-24-15-26-21-14-18(10-11-19(21)22(24)25)16-6-2-1-3-7-16/h1-11,14H,12-13,15H2. The van der Waals surface area contributed by atoms with Gasteiger partial charge in [-0.3, -0.25) is 4.79 Å². The maximum atomic E-state index is 13.8. The molecule has 3 nitrogen and oxygen atoms in total. The molecule has 1 heterocycles. The van der Waals surface area contributed by atoms with Crippen LogP contribution in [0.15, 0.2) is 72.8 Å². The lowest BCUT2D eigenvalue weighted by Crippen LogP contribution is -2.39. The van der Waals surface area contributed by atoms with E-state index in [9.17, 15) is 9.18 Å². The lowest BCUT2D eigenvalue weighted by Gasteiger charge is -2.29. The molecule has 130 valence electrons. The molecule has 0 aromatic heterocycles. The first-order chi connectivity index (χ1) is 12.7. The van der Waals surface area contributed by atoms with Crippen LogP contribution in [0.1, 0.15) is 15.9 Å². The van der Waals surface area contributed by atoms with E-state index >= 15 is 0 Å². The van der Waals surface area contributed by atoms with E-state index in [0.29, 0.717) is 29.8 Å². The third-order valence-corrected chi connectivity index (χ3v) is 4.59. The maximum absolute atomic E-state index is 13.8. The van der Waals surface area contributed by atoms with Crippen molar-refractivity contribution < 1.29 is 13.9 Å². The zero-order valence-electron chi connectivity index (χ0n) is 14.2. The minimum atomic E-state index is -0.245. The third-order valence-electron chi connectivity index (χ3n) is 4.59. The molecule has 0 saturated carbocycles. The van der Waals surface area contributed by atoms with Crippen LogP contribution in [0.2, 0.25) is 0 Å². The van der Waals surface area contributed by atoms with Crippen LogP contribution >= 0.6 is 0 Å². The molecule has 0 atom stereocenters. The Labute approximate surface area is 151 Å². The molecule has 0 radical (unpaired) electrons. The van der Waals surface area contributed by atoms with Gasteiger partial charge in [-0.05, 0) is 41.3 Å². The summed E-state index contributed by atoms with van der Waals surface area (Å²) in [5.74, 6) is 0.270. The van der Waals surface area contributed by atoms with Crippen molar-refractivity contribution in [3.8, 4) is 16.9 Å². The first kappa shape index (κ1) is 16.3. The lowest BCUT2D eigenvalue weighted by molar-refractivity contribution is 0.0525. The lowest BCUT2D eigenvalue weighted by atomic mass is 10.0. The average molecular weight is 347 g/mol. The summed E-state index contributed by atoms with van der Waals surface area (Å²) in [6.45, 7) is 0.595. The van der Waals surface area contributed by atoms with Crippen LogP contribution in [-0.2, 0) is 6.42 Å².